The fraction of sp³-hybridized carbons (Fsp3) is 0.667. The number of rotatable bonds is 9. The van der Waals surface area contributed by atoms with Crippen molar-refractivity contribution in [2.45, 2.75) is 32.1 Å². The minimum Gasteiger partial charge on any atom is -0.355 e. The van der Waals surface area contributed by atoms with E-state index in [2.05, 4.69) is 20.1 Å². The van der Waals surface area contributed by atoms with Crippen molar-refractivity contribution in [2.75, 3.05) is 57.3 Å². The molecule has 1 aromatic rings. The first kappa shape index (κ1) is 21.6. The molecule has 2 heterocycles. The lowest BCUT2D eigenvalue weighted by molar-refractivity contribution is -0.122. The zero-order valence-electron chi connectivity index (χ0n) is 16.5. The number of pyridine rings is 1. The smallest absolute Gasteiger partial charge is 0.244 e. The Balaban J connectivity index is 1.93. The summed E-state index contributed by atoms with van der Waals surface area (Å²) in [5, 5.41) is 2.89. The second kappa shape index (κ2) is 10.0. The molecule has 9 heteroatoms. The standard InChI is InChI=1S/C18H31N5O3S/c1-4-9-19-18(24)15-21-10-12-22(13-11-21)17-8-7-16(14-20-17)27(25,26)23(5-2)6-3/h7-8,14H,4-6,9-13,15H2,1-3H3,(H,19,24). The summed E-state index contributed by atoms with van der Waals surface area (Å²) in [6.45, 7) is 10.8. The van der Waals surface area contributed by atoms with Gasteiger partial charge in [0, 0.05) is 52.0 Å². The molecule has 1 N–H and O–H groups in total. The summed E-state index contributed by atoms with van der Waals surface area (Å²) < 4.78 is 26.5. The van der Waals surface area contributed by atoms with Crippen LogP contribution in [0, 0.1) is 0 Å². The summed E-state index contributed by atoms with van der Waals surface area (Å²) in [5.74, 6) is 0.831. The van der Waals surface area contributed by atoms with Crippen LogP contribution in [0.25, 0.3) is 0 Å². The van der Waals surface area contributed by atoms with Crippen molar-refractivity contribution in [1.82, 2.24) is 19.5 Å². The van der Waals surface area contributed by atoms with Crippen molar-refractivity contribution in [3.05, 3.63) is 18.3 Å². The van der Waals surface area contributed by atoms with Crippen LogP contribution in [0.3, 0.4) is 0 Å². The van der Waals surface area contributed by atoms with Crippen LogP contribution in [0.4, 0.5) is 5.82 Å². The molecule has 2 rings (SSSR count). The number of hydrogen-bond donors (Lipinski definition) is 1. The molecule has 1 amide bonds. The number of anilines is 1. The van der Waals surface area contributed by atoms with Crippen LogP contribution >= 0.6 is 0 Å². The Morgan fingerprint density at radius 3 is 2.33 bits per heavy atom. The van der Waals surface area contributed by atoms with E-state index < -0.39 is 10.0 Å². The lowest BCUT2D eigenvalue weighted by atomic mass is 10.3. The predicted octanol–water partition coefficient (Wildman–Crippen LogP) is 0.760. The molecule has 0 aliphatic carbocycles. The van der Waals surface area contributed by atoms with E-state index in [-0.39, 0.29) is 10.8 Å². The number of hydrogen-bond acceptors (Lipinski definition) is 6. The lowest BCUT2D eigenvalue weighted by Gasteiger charge is -2.35. The van der Waals surface area contributed by atoms with Crippen LogP contribution < -0.4 is 10.2 Å². The maximum Gasteiger partial charge on any atom is 0.244 e. The Hall–Kier alpha value is -1.71. The van der Waals surface area contributed by atoms with Gasteiger partial charge in [0.1, 0.15) is 10.7 Å². The van der Waals surface area contributed by atoms with Gasteiger partial charge in [0.25, 0.3) is 0 Å². The number of aromatic nitrogens is 1. The van der Waals surface area contributed by atoms with E-state index >= 15 is 0 Å². The Morgan fingerprint density at radius 1 is 1.15 bits per heavy atom. The highest BCUT2D eigenvalue weighted by atomic mass is 32.2. The summed E-state index contributed by atoms with van der Waals surface area (Å²) in [7, 11) is -3.48. The summed E-state index contributed by atoms with van der Waals surface area (Å²) in [5.41, 5.74) is 0. The molecule has 8 nitrogen and oxygen atoms in total. The molecular formula is C18H31N5O3S. The fourth-order valence-electron chi connectivity index (χ4n) is 3.08. The van der Waals surface area contributed by atoms with Crippen molar-refractivity contribution in [3.63, 3.8) is 0 Å². The fourth-order valence-corrected chi connectivity index (χ4v) is 4.49. The van der Waals surface area contributed by atoms with Crippen molar-refractivity contribution < 1.29 is 13.2 Å². The SMILES string of the molecule is CCCNC(=O)CN1CCN(c2ccc(S(=O)(=O)N(CC)CC)cn2)CC1. The molecule has 27 heavy (non-hydrogen) atoms. The molecule has 0 atom stereocenters. The number of nitrogens with one attached hydrogen (secondary N) is 1. The van der Waals surface area contributed by atoms with Gasteiger partial charge in [-0.15, -0.1) is 0 Å². The van der Waals surface area contributed by atoms with Crippen LogP contribution in [0.1, 0.15) is 27.2 Å². The number of sulfonamides is 1. The minimum absolute atomic E-state index is 0.0642. The summed E-state index contributed by atoms with van der Waals surface area (Å²) in [4.78, 5) is 20.7. The molecule has 0 unspecified atom stereocenters. The van der Waals surface area contributed by atoms with Crippen LogP contribution in [-0.2, 0) is 14.8 Å². The number of piperazine rings is 1. The van der Waals surface area contributed by atoms with E-state index in [9.17, 15) is 13.2 Å². The predicted molar refractivity (Wildman–Crippen MR) is 106 cm³/mol. The second-order valence-electron chi connectivity index (χ2n) is 6.55. The highest BCUT2D eigenvalue weighted by Crippen LogP contribution is 2.19. The van der Waals surface area contributed by atoms with Gasteiger partial charge in [-0.05, 0) is 18.6 Å². The Kier molecular flexibility index (Phi) is 8.00. The first-order chi connectivity index (χ1) is 12.9. The Bertz CT molecular complexity index is 696. The first-order valence-electron chi connectivity index (χ1n) is 9.62. The van der Waals surface area contributed by atoms with Gasteiger partial charge in [0.05, 0.1) is 6.54 Å². The molecule has 0 aromatic carbocycles. The quantitative estimate of drug-likeness (QED) is 0.662. The van der Waals surface area contributed by atoms with Crippen LogP contribution in [0.15, 0.2) is 23.2 Å². The number of carbonyl (C=O) groups is 1. The van der Waals surface area contributed by atoms with E-state index in [1.165, 1.54) is 10.5 Å². The number of nitrogens with zero attached hydrogens (tertiary/aromatic N) is 4. The van der Waals surface area contributed by atoms with Crippen molar-refractivity contribution in [1.29, 1.82) is 0 Å². The molecule has 0 radical (unpaired) electrons. The van der Waals surface area contributed by atoms with Crippen LogP contribution in [-0.4, -0.2) is 80.9 Å². The zero-order valence-corrected chi connectivity index (χ0v) is 17.3. The van der Waals surface area contributed by atoms with Gasteiger partial charge in [-0.2, -0.15) is 4.31 Å². The zero-order chi connectivity index (χ0) is 19.9. The topological polar surface area (TPSA) is 85.8 Å². The molecule has 152 valence electrons. The number of amides is 1. The van der Waals surface area contributed by atoms with Crippen LogP contribution in [0.2, 0.25) is 0 Å². The van der Waals surface area contributed by atoms with E-state index in [1.54, 1.807) is 12.1 Å². The first-order valence-corrected chi connectivity index (χ1v) is 11.1. The largest absolute Gasteiger partial charge is 0.355 e. The average Bonchev–Trinajstić information content (AvgIpc) is 2.68. The Labute approximate surface area is 162 Å². The van der Waals surface area contributed by atoms with Crippen molar-refractivity contribution in [3.8, 4) is 0 Å². The molecule has 1 aliphatic heterocycles. The van der Waals surface area contributed by atoms with E-state index in [0.717, 1.165) is 38.4 Å². The molecular weight excluding hydrogens is 366 g/mol. The van der Waals surface area contributed by atoms with Gasteiger partial charge in [-0.25, -0.2) is 13.4 Å². The van der Waals surface area contributed by atoms with Crippen LogP contribution in [0.5, 0.6) is 0 Å². The molecule has 1 aromatic heterocycles. The van der Waals surface area contributed by atoms with E-state index in [0.29, 0.717) is 26.2 Å². The molecule has 1 fully saturated rings. The van der Waals surface area contributed by atoms with Gasteiger partial charge in [-0.1, -0.05) is 20.8 Å². The molecule has 1 aliphatic rings. The molecule has 0 saturated carbocycles. The highest BCUT2D eigenvalue weighted by Gasteiger charge is 2.23. The summed E-state index contributed by atoms with van der Waals surface area (Å²) in [6.07, 6.45) is 2.37. The van der Waals surface area contributed by atoms with Gasteiger partial charge in [0.2, 0.25) is 15.9 Å². The number of carbonyl (C=O) groups excluding carboxylic acids is 1. The highest BCUT2D eigenvalue weighted by molar-refractivity contribution is 7.89. The molecule has 0 bridgehead atoms. The maximum absolute atomic E-state index is 12.5. The lowest BCUT2D eigenvalue weighted by Crippen LogP contribution is -2.49. The average molecular weight is 398 g/mol. The van der Waals surface area contributed by atoms with E-state index in [1.807, 2.05) is 20.8 Å². The minimum atomic E-state index is -3.48. The third kappa shape index (κ3) is 5.63. The van der Waals surface area contributed by atoms with Gasteiger partial charge in [0.15, 0.2) is 0 Å². The Morgan fingerprint density at radius 2 is 1.81 bits per heavy atom. The maximum atomic E-state index is 12.5. The normalized spacial score (nSPS) is 15.9. The third-order valence-electron chi connectivity index (χ3n) is 4.70. The van der Waals surface area contributed by atoms with Crippen molar-refractivity contribution in [2.24, 2.45) is 0 Å². The summed E-state index contributed by atoms with van der Waals surface area (Å²) >= 11 is 0. The van der Waals surface area contributed by atoms with Gasteiger partial charge in [-0.3, -0.25) is 9.69 Å². The van der Waals surface area contributed by atoms with E-state index in [4.69, 9.17) is 0 Å². The molecule has 1 saturated heterocycles. The molecule has 0 spiro atoms. The van der Waals surface area contributed by atoms with Crippen molar-refractivity contribution >= 4 is 21.7 Å². The van der Waals surface area contributed by atoms with Gasteiger partial charge < -0.3 is 10.2 Å². The summed E-state index contributed by atoms with van der Waals surface area (Å²) in [6, 6.07) is 3.39. The third-order valence-corrected chi connectivity index (χ3v) is 6.73. The monoisotopic (exact) mass is 397 g/mol. The van der Waals surface area contributed by atoms with Gasteiger partial charge >= 0.3 is 0 Å². The second-order valence-corrected chi connectivity index (χ2v) is 8.49.